The molecule has 0 heterocycles. The molecule has 0 aliphatic heterocycles. The second-order valence-electron chi connectivity index (χ2n) is 3.27. The van der Waals surface area contributed by atoms with Gasteiger partial charge in [-0.05, 0) is 25.0 Å². The van der Waals surface area contributed by atoms with Gasteiger partial charge >= 0.3 is 11.9 Å². The Bertz CT molecular complexity index is 415. The van der Waals surface area contributed by atoms with Crippen molar-refractivity contribution in [3.63, 3.8) is 0 Å². The van der Waals surface area contributed by atoms with E-state index in [1.165, 1.54) is 0 Å². The van der Waals surface area contributed by atoms with E-state index in [2.05, 4.69) is 0 Å². The molecular weight excluding hydrogens is 216 g/mol. The number of hydrogen-bond donors (Lipinski definition) is 2. The maximum atomic E-state index is 11.5. The van der Waals surface area contributed by atoms with Gasteiger partial charge in [-0.15, -0.1) is 0 Å². The normalized spacial score (nSPS) is 10.1. The van der Waals surface area contributed by atoms with Crippen molar-refractivity contribution in [1.29, 1.82) is 0 Å². The van der Waals surface area contributed by atoms with Gasteiger partial charge in [0, 0.05) is 0 Å². The Balaban J connectivity index is 3.77. The van der Waals surface area contributed by atoms with Gasteiger partial charge in [-0.2, -0.15) is 0 Å². The lowest BCUT2D eigenvalue weighted by Crippen LogP contribution is -2.16. The zero-order valence-corrected chi connectivity index (χ0v) is 8.53. The first-order chi connectivity index (χ1) is 7.29. The van der Waals surface area contributed by atoms with E-state index in [4.69, 9.17) is 10.2 Å². The lowest BCUT2D eigenvalue weighted by molar-refractivity contribution is -0.276. The molecule has 6 nitrogen and oxygen atoms in total. The largest absolute Gasteiger partial charge is 0.872 e. The van der Waals surface area contributed by atoms with E-state index in [-0.39, 0.29) is 11.1 Å². The average molecular weight is 224 g/mol. The second kappa shape index (κ2) is 3.73. The zero-order valence-electron chi connectivity index (χ0n) is 8.53. The van der Waals surface area contributed by atoms with Crippen LogP contribution in [0, 0.1) is 13.8 Å². The zero-order chi connectivity index (χ0) is 12.6. The van der Waals surface area contributed by atoms with Crippen molar-refractivity contribution in [3.8, 4) is 11.5 Å². The predicted molar refractivity (Wildman–Crippen MR) is 48.7 cm³/mol. The summed E-state index contributed by atoms with van der Waals surface area (Å²) in [7, 11) is 0. The van der Waals surface area contributed by atoms with Gasteiger partial charge in [0.15, 0.2) is 0 Å². The highest BCUT2D eigenvalue weighted by molar-refractivity contribution is 6.00. The van der Waals surface area contributed by atoms with Crippen LogP contribution in [0.5, 0.6) is 11.5 Å². The van der Waals surface area contributed by atoms with Crippen LogP contribution in [0.3, 0.4) is 0 Å². The quantitative estimate of drug-likeness (QED) is 0.720. The van der Waals surface area contributed by atoms with Crippen molar-refractivity contribution in [2.45, 2.75) is 13.8 Å². The molecule has 0 atom stereocenters. The predicted octanol–water partition coefficient (Wildman–Crippen LogP) is -0.153. The number of hydrogen-bond acceptors (Lipinski definition) is 4. The standard InChI is InChI=1S/C10H10O6/c1-3-5(9(13)14)8(12)4(2)6(7(3)11)10(15)16/h11-12H,1-2H3,(H,13,14)(H,15,16)/p-2. The number of benzene rings is 1. The molecular formula is C10H8O6-2. The summed E-state index contributed by atoms with van der Waals surface area (Å²) in [6.45, 7) is 2.25. The minimum absolute atomic E-state index is 0.347. The van der Waals surface area contributed by atoms with Crippen LogP contribution in [0.25, 0.3) is 0 Å². The number of carboxylic acid groups (broad SMARTS) is 2. The van der Waals surface area contributed by atoms with Crippen molar-refractivity contribution in [2.24, 2.45) is 0 Å². The Morgan fingerprint density at radius 3 is 1.31 bits per heavy atom. The highest BCUT2D eigenvalue weighted by atomic mass is 16.4. The molecule has 0 aromatic heterocycles. The summed E-state index contributed by atoms with van der Waals surface area (Å²) in [5.41, 5.74) is -2.01. The summed E-state index contributed by atoms with van der Waals surface area (Å²) < 4.78 is 0. The second-order valence-corrected chi connectivity index (χ2v) is 3.27. The highest BCUT2D eigenvalue weighted by Gasteiger charge is 2.17. The molecule has 86 valence electrons. The topological polar surface area (TPSA) is 121 Å². The van der Waals surface area contributed by atoms with Crippen LogP contribution in [-0.2, 0) is 0 Å². The third-order valence-electron chi connectivity index (χ3n) is 2.31. The fourth-order valence-electron chi connectivity index (χ4n) is 1.46. The van der Waals surface area contributed by atoms with Gasteiger partial charge in [-0.1, -0.05) is 11.5 Å². The molecule has 0 saturated heterocycles. The molecule has 0 radical (unpaired) electrons. The van der Waals surface area contributed by atoms with Gasteiger partial charge in [0.25, 0.3) is 0 Å². The summed E-state index contributed by atoms with van der Waals surface area (Å²) in [5.74, 6) is -4.91. The SMILES string of the molecule is Cc1c([O-])c(C(=O)O)c(C)c([O-])c1C(=O)O. The van der Waals surface area contributed by atoms with E-state index < -0.39 is 34.6 Å². The monoisotopic (exact) mass is 224 g/mol. The molecule has 0 unspecified atom stereocenters. The molecule has 1 rings (SSSR count). The average Bonchev–Trinajstić information content (AvgIpc) is 2.14. The molecule has 16 heavy (non-hydrogen) atoms. The minimum atomic E-state index is -1.53. The maximum Gasteiger partial charge on any atom is 0.335 e. The van der Waals surface area contributed by atoms with Crippen molar-refractivity contribution in [2.75, 3.05) is 0 Å². The van der Waals surface area contributed by atoms with Crippen LogP contribution in [0.4, 0.5) is 0 Å². The molecule has 0 fully saturated rings. The van der Waals surface area contributed by atoms with Gasteiger partial charge in [0.1, 0.15) is 0 Å². The molecule has 1 aromatic rings. The number of rotatable bonds is 2. The van der Waals surface area contributed by atoms with Crippen LogP contribution in [0.2, 0.25) is 0 Å². The first-order valence-electron chi connectivity index (χ1n) is 4.26. The summed E-state index contributed by atoms with van der Waals surface area (Å²) in [6, 6.07) is 0. The summed E-state index contributed by atoms with van der Waals surface area (Å²) in [6.07, 6.45) is 0. The number of aromatic carboxylic acids is 2. The van der Waals surface area contributed by atoms with Crippen LogP contribution in [0.1, 0.15) is 31.8 Å². The first kappa shape index (κ1) is 11.8. The molecule has 2 N–H and O–H groups in total. The molecule has 0 amide bonds. The summed E-state index contributed by atoms with van der Waals surface area (Å²) in [4.78, 5) is 21.5. The molecule has 0 saturated carbocycles. The third-order valence-corrected chi connectivity index (χ3v) is 2.31. The van der Waals surface area contributed by atoms with Gasteiger partial charge in [0.05, 0.1) is 11.1 Å². The Labute approximate surface area is 90.4 Å². The van der Waals surface area contributed by atoms with E-state index in [0.29, 0.717) is 0 Å². The fraction of sp³-hybridized carbons (Fsp3) is 0.200. The van der Waals surface area contributed by atoms with Gasteiger partial charge in [-0.25, -0.2) is 9.59 Å². The summed E-state index contributed by atoms with van der Waals surface area (Å²) in [5, 5.41) is 40.5. The van der Waals surface area contributed by atoms with Crippen LogP contribution >= 0.6 is 0 Å². The van der Waals surface area contributed by atoms with E-state index in [1.807, 2.05) is 0 Å². The maximum absolute atomic E-state index is 11.5. The van der Waals surface area contributed by atoms with Crippen molar-refractivity contribution < 1.29 is 30.0 Å². The Hall–Kier alpha value is -2.24. The molecule has 0 spiro atoms. The van der Waals surface area contributed by atoms with Crippen molar-refractivity contribution in [3.05, 3.63) is 22.3 Å². The van der Waals surface area contributed by atoms with Crippen LogP contribution in [-0.4, -0.2) is 22.2 Å². The van der Waals surface area contributed by atoms with Gasteiger partial charge in [0.2, 0.25) is 0 Å². The van der Waals surface area contributed by atoms with Crippen LogP contribution in [0.15, 0.2) is 0 Å². The van der Waals surface area contributed by atoms with Crippen LogP contribution < -0.4 is 10.2 Å². The van der Waals surface area contributed by atoms with E-state index in [9.17, 15) is 19.8 Å². The first-order valence-corrected chi connectivity index (χ1v) is 4.26. The number of carboxylic acids is 2. The van der Waals surface area contributed by atoms with E-state index in [1.54, 1.807) is 0 Å². The smallest absolute Gasteiger partial charge is 0.335 e. The van der Waals surface area contributed by atoms with Crippen molar-refractivity contribution >= 4 is 11.9 Å². The van der Waals surface area contributed by atoms with E-state index >= 15 is 0 Å². The lowest BCUT2D eigenvalue weighted by atomic mass is 9.96. The fourth-order valence-corrected chi connectivity index (χ4v) is 1.46. The molecule has 6 heteroatoms. The van der Waals surface area contributed by atoms with E-state index in [0.717, 1.165) is 13.8 Å². The Morgan fingerprint density at radius 1 is 0.875 bits per heavy atom. The van der Waals surface area contributed by atoms with Gasteiger partial charge < -0.3 is 20.4 Å². The number of carbonyl (C=O) groups is 2. The Morgan fingerprint density at radius 2 is 1.12 bits per heavy atom. The molecule has 1 aromatic carbocycles. The summed E-state index contributed by atoms with van der Waals surface area (Å²) >= 11 is 0. The third kappa shape index (κ3) is 1.54. The molecule has 0 aliphatic carbocycles. The van der Waals surface area contributed by atoms with Gasteiger partial charge in [-0.3, -0.25) is 0 Å². The lowest BCUT2D eigenvalue weighted by Gasteiger charge is -2.25. The molecule has 0 bridgehead atoms. The Kier molecular flexibility index (Phi) is 2.76. The minimum Gasteiger partial charge on any atom is -0.872 e. The highest BCUT2D eigenvalue weighted by Crippen LogP contribution is 2.33. The van der Waals surface area contributed by atoms with Crippen molar-refractivity contribution in [1.82, 2.24) is 0 Å². The molecule has 0 aliphatic rings.